The van der Waals surface area contributed by atoms with Crippen molar-refractivity contribution in [1.29, 1.82) is 0 Å². The first-order valence-corrected chi connectivity index (χ1v) is 37.5. The van der Waals surface area contributed by atoms with Gasteiger partial charge in [0.25, 0.3) is 0 Å². The fourth-order valence-corrected chi connectivity index (χ4v) is 13.9. The van der Waals surface area contributed by atoms with Crippen molar-refractivity contribution in [2.75, 3.05) is 0 Å². The van der Waals surface area contributed by atoms with Gasteiger partial charge in [-0.05, 0) is 214 Å². The predicted molar refractivity (Wildman–Crippen MR) is 447 cm³/mol. The summed E-state index contributed by atoms with van der Waals surface area (Å²) in [6, 6.07) is 102. The molecule has 0 aliphatic heterocycles. The summed E-state index contributed by atoms with van der Waals surface area (Å²) in [7, 11) is 0. The zero-order valence-electron chi connectivity index (χ0n) is 65.4. The molecule has 3 heterocycles. The van der Waals surface area contributed by atoms with Gasteiger partial charge in [-0.1, -0.05) is 255 Å². The van der Waals surface area contributed by atoms with E-state index < -0.39 is 0 Å². The van der Waals surface area contributed by atoms with Crippen LogP contribution >= 0.6 is 0 Å². The molecule has 0 atom stereocenters. The van der Waals surface area contributed by atoms with Crippen molar-refractivity contribution in [2.24, 2.45) is 0 Å². The summed E-state index contributed by atoms with van der Waals surface area (Å²) in [6.45, 7) is 33.8. The Balaban J connectivity index is 0.000000190. The third-order valence-corrected chi connectivity index (χ3v) is 20.0. The zero-order chi connectivity index (χ0) is 74.0. The van der Waals surface area contributed by atoms with E-state index in [1.807, 2.05) is 73.3 Å². The molecule has 0 fully saturated rings. The Bertz CT molecular complexity index is 5060. The van der Waals surface area contributed by atoms with Gasteiger partial charge < -0.3 is 14.5 Å². The molecule has 0 aliphatic carbocycles. The van der Waals surface area contributed by atoms with E-state index in [-0.39, 0.29) is 82.0 Å². The van der Waals surface area contributed by atoms with Crippen LogP contribution in [0.5, 0.6) is 0 Å². The maximum Gasteiger partial charge on any atom is 0.0602 e. The van der Waals surface area contributed by atoms with Gasteiger partial charge in [0, 0.05) is 90.8 Å². The number of fused-ring (bicyclic) bond motifs is 1. The van der Waals surface area contributed by atoms with E-state index in [1.165, 1.54) is 138 Å². The minimum absolute atomic E-state index is 0. The smallest absolute Gasteiger partial charge is 0.0602 e. The van der Waals surface area contributed by atoms with Gasteiger partial charge in [0.2, 0.25) is 0 Å². The molecule has 14 aromatic rings. The van der Waals surface area contributed by atoms with Crippen molar-refractivity contribution in [3.63, 3.8) is 0 Å². The summed E-state index contributed by atoms with van der Waals surface area (Å²) in [5.41, 5.74) is 30.5. The molecular weight excluding hydrogens is 1850 g/mol. The number of benzene rings is 11. The van der Waals surface area contributed by atoms with Crippen molar-refractivity contribution >= 4 is 10.8 Å². The van der Waals surface area contributed by atoms with E-state index in [1.54, 1.807) is 0 Å². The number of rotatable bonds is 15. The Labute approximate surface area is 685 Å². The third kappa shape index (κ3) is 20.7. The van der Waals surface area contributed by atoms with Crippen molar-refractivity contribution in [2.45, 2.75) is 158 Å². The number of imidazole rings is 1. The van der Waals surface area contributed by atoms with Gasteiger partial charge >= 0.3 is 0 Å². The number of unbranched alkanes of at least 4 members (excludes halogenated alkanes) is 3. The molecule has 14 rings (SSSR count). The monoisotopic (exact) mass is 1950 g/mol. The second kappa shape index (κ2) is 36.6. The minimum atomic E-state index is 0. The second-order valence-corrected chi connectivity index (χ2v) is 32.3. The molecule has 11 aromatic carbocycles. The summed E-state index contributed by atoms with van der Waals surface area (Å²) in [4.78, 5) is 13.9. The number of aromatic nitrogens is 4. The fourth-order valence-electron chi connectivity index (χ4n) is 13.9. The number of hydrogen-bond acceptors (Lipinski definition) is 3. The van der Waals surface area contributed by atoms with Gasteiger partial charge in [0.15, 0.2) is 0 Å². The predicted octanol–water partition coefficient (Wildman–Crippen LogP) is 27.5. The summed E-state index contributed by atoms with van der Waals surface area (Å²) in [5.74, 6) is 0.947. The Kier molecular flexibility index (Phi) is 28.2. The molecule has 108 heavy (non-hydrogen) atoms. The number of aryl methyl sites for hydroxylation is 3. The summed E-state index contributed by atoms with van der Waals surface area (Å²) < 4.78 is 2.19. The number of nitrogens with zero attached hydrogens (tertiary/aromatic N) is 4. The largest absolute Gasteiger partial charge is 0.340 e. The third-order valence-electron chi connectivity index (χ3n) is 20.0. The van der Waals surface area contributed by atoms with E-state index >= 15 is 0 Å². The molecule has 555 valence electrons. The van der Waals surface area contributed by atoms with Gasteiger partial charge in [0.1, 0.15) is 0 Å². The van der Waals surface area contributed by atoms with Crippen molar-refractivity contribution < 1.29 is 60.3 Å². The van der Waals surface area contributed by atoms with Gasteiger partial charge in [0.05, 0.1) is 5.82 Å². The molecule has 0 aliphatic rings. The average molecular weight is 1950 g/mol. The van der Waals surface area contributed by atoms with Crippen molar-refractivity contribution in [3.05, 3.63) is 337 Å². The topological polar surface area (TPSA) is 43.6 Å². The normalized spacial score (nSPS) is 11.4. The molecule has 0 N–H and O–H groups in total. The molecule has 7 heteroatoms. The van der Waals surface area contributed by atoms with Gasteiger partial charge in [-0.25, -0.2) is 0 Å². The van der Waals surface area contributed by atoms with Crippen LogP contribution in [-0.2, 0) is 88.4 Å². The Morgan fingerprint density at radius 1 is 0.333 bits per heavy atom. The second-order valence-electron chi connectivity index (χ2n) is 32.3. The summed E-state index contributed by atoms with van der Waals surface area (Å²) in [6.07, 6.45) is 14.0. The van der Waals surface area contributed by atoms with Crippen LogP contribution in [0, 0.1) is 32.0 Å². The summed E-state index contributed by atoms with van der Waals surface area (Å²) >= 11 is 0. The SMILES string of the molecule is CC(C)(C)c1ccc(-c2cc(-c3ccc(C(C)(C)C)cc3)cc(-c3cc[c-]c(-c4ccccn4)c3)c2)cc1.CC(C)(C)c1ccc(-c2cc(-c3ccc(C(C)(C)C)cc3)cc(-c3cc[c-]c(-c4nccc5ccccc45)c3)c2)cc1.CCCCCCc1cc(C)c(-n2ccnc2-c2[c-]cccc2)c(C)c1.[Ir].[Ir].[Ir]. The van der Waals surface area contributed by atoms with Crippen LogP contribution in [0.3, 0.4) is 0 Å². The first-order valence-electron chi connectivity index (χ1n) is 37.5. The van der Waals surface area contributed by atoms with E-state index in [9.17, 15) is 0 Å². The maximum atomic E-state index is 4.77. The molecule has 4 nitrogen and oxygen atoms in total. The van der Waals surface area contributed by atoms with Crippen LogP contribution in [0.2, 0.25) is 0 Å². The molecule has 0 unspecified atom stereocenters. The standard InChI is InChI=1S/C41H38N.C37H36N.C23H27N2.3Ir/c1-40(2,3)36-18-14-28(15-19-36)33-25-34(29-16-20-37(21-17-29)41(4,5)6)27-35(26-33)31-11-9-12-32(24-31)39-38-13-8-7-10-30(38)22-23-42-39;1-36(2,3)33-17-13-26(14-18-33)30-23-31(27-15-19-34(20-16-27)37(4,5)6)25-32(24-30)28-10-9-11-29(22-28)35-12-7-8-21-38-35;1-4-5-6-8-11-20-16-18(2)22(19(3)17-20)25-15-14-24-23(25)21-12-9-7-10-13-21;;;/h7-11,13-27H,1-6H3;7-10,12-25H,1-6H3;7,9-10,12,14-17H,4-6,8,11H2,1-3H3;;;/q3*-1;;;. The Morgan fingerprint density at radius 3 is 1.19 bits per heavy atom. The summed E-state index contributed by atoms with van der Waals surface area (Å²) in [5, 5.41) is 2.32. The van der Waals surface area contributed by atoms with Crippen LogP contribution in [-0.4, -0.2) is 19.5 Å². The van der Waals surface area contributed by atoms with Crippen molar-refractivity contribution in [1.82, 2.24) is 19.5 Å². The first kappa shape index (κ1) is 83.2. The van der Waals surface area contributed by atoms with Crippen LogP contribution in [0.25, 0.3) is 117 Å². The van der Waals surface area contributed by atoms with Gasteiger partial charge in [-0.15, -0.1) is 107 Å². The molecule has 0 amide bonds. The number of hydrogen-bond donors (Lipinski definition) is 0. The van der Waals surface area contributed by atoms with Gasteiger partial charge in [-0.3, -0.25) is 4.98 Å². The number of pyridine rings is 2. The van der Waals surface area contributed by atoms with Crippen LogP contribution in [0.1, 0.15) is 155 Å². The molecule has 0 bridgehead atoms. The molecule has 3 radical (unpaired) electrons. The van der Waals surface area contributed by atoms with Crippen molar-refractivity contribution in [3.8, 4) is 106 Å². The first-order chi connectivity index (χ1) is 50.3. The van der Waals surface area contributed by atoms with Crippen LogP contribution in [0.4, 0.5) is 0 Å². The Hall–Kier alpha value is -8.86. The van der Waals surface area contributed by atoms with E-state index in [0.29, 0.717) is 0 Å². The maximum absolute atomic E-state index is 4.77. The average Bonchev–Trinajstić information content (AvgIpc) is 0.867. The quantitative estimate of drug-likeness (QED) is 0.0759. The van der Waals surface area contributed by atoms with E-state index in [0.717, 1.165) is 50.4 Å². The Morgan fingerprint density at radius 2 is 0.759 bits per heavy atom. The minimum Gasteiger partial charge on any atom is -0.340 e. The molecule has 3 aromatic heterocycles. The molecule has 0 spiro atoms. The molecule has 0 saturated carbocycles. The van der Waals surface area contributed by atoms with E-state index in [4.69, 9.17) is 4.98 Å². The molecule has 0 saturated heterocycles. The zero-order valence-corrected chi connectivity index (χ0v) is 72.6. The van der Waals surface area contributed by atoms with Crippen LogP contribution < -0.4 is 0 Å². The van der Waals surface area contributed by atoms with Crippen LogP contribution in [0.15, 0.2) is 280 Å². The van der Waals surface area contributed by atoms with E-state index in [2.05, 4.69) is 343 Å². The molecular formula is C101H101Ir3N4-3. The fraction of sp³-hybridized carbons (Fsp3) is 0.238. The van der Waals surface area contributed by atoms with Gasteiger partial charge in [-0.2, -0.15) is 0 Å².